The molecule has 2 bridgehead atoms. The third-order valence-corrected chi connectivity index (χ3v) is 6.87. The molecule has 3 fully saturated rings. The number of halogens is 2. The predicted octanol–water partition coefficient (Wildman–Crippen LogP) is 3.39. The van der Waals surface area contributed by atoms with Gasteiger partial charge in [-0.3, -0.25) is 4.79 Å². The summed E-state index contributed by atoms with van der Waals surface area (Å²) < 4.78 is 1.15. The normalized spacial score (nSPS) is 33.1. The standard InChI is InChI=1S/C18H23BrN2O.ClH/c19-14-4-2-1-3-13(14)18(7-8-18)10-21-17(22)15-11-5-6-12(9-11)16(15)20;/h1-4,11-12,15-16H,5-10,20H2,(H,21,22);1H. The molecule has 0 aliphatic heterocycles. The Balaban J connectivity index is 0.00000156. The van der Waals surface area contributed by atoms with Crippen LogP contribution in [0.25, 0.3) is 0 Å². The van der Waals surface area contributed by atoms with Crippen molar-refractivity contribution in [2.45, 2.75) is 43.6 Å². The molecule has 1 aromatic rings. The summed E-state index contributed by atoms with van der Waals surface area (Å²) in [7, 11) is 0. The minimum absolute atomic E-state index is 0. The number of hydrogen-bond donors (Lipinski definition) is 2. The highest BCUT2D eigenvalue weighted by atomic mass is 79.9. The fourth-order valence-corrected chi connectivity index (χ4v) is 5.39. The molecule has 1 amide bonds. The number of nitrogens with two attached hydrogens (primary N) is 1. The fraction of sp³-hybridized carbons (Fsp3) is 0.611. The van der Waals surface area contributed by atoms with Crippen molar-refractivity contribution < 1.29 is 4.79 Å². The van der Waals surface area contributed by atoms with E-state index in [4.69, 9.17) is 5.73 Å². The Morgan fingerprint density at radius 1 is 1.26 bits per heavy atom. The van der Waals surface area contributed by atoms with Gasteiger partial charge in [0.2, 0.25) is 5.91 Å². The highest BCUT2D eigenvalue weighted by Crippen LogP contribution is 2.51. The van der Waals surface area contributed by atoms with Crippen LogP contribution < -0.4 is 11.1 Å². The summed E-state index contributed by atoms with van der Waals surface area (Å²) in [5.41, 5.74) is 7.75. The van der Waals surface area contributed by atoms with Gasteiger partial charge in [-0.1, -0.05) is 34.1 Å². The minimum atomic E-state index is 0. The van der Waals surface area contributed by atoms with Gasteiger partial charge in [0, 0.05) is 22.5 Å². The van der Waals surface area contributed by atoms with Gasteiger partial charge in [0.1, 0.15) is 0 Å². The Labute approximate surface area is 152 Å². The van der Waals surface area contributed by atoms with Gasteiger partial charge < -0.3 is 11.1 Å². The van der Waals surface area contributed by atoms with Gasteiger partial charge in [0.15, 0.2) is 0 Å². The number of rotatable bonds is 4. The number of amides is 1. The van der Waals surface area contributed by atoms with E-state index < -0.39 is 0 Å². The number of hydrogen-bond acceptors (Lipinski definition) is 2. The lowest BCUT2D eigenvalue weighted by molar-refractivity contribution is -0.127. The van der Waals surface area contributed by atoms with Gasteiger partial charge in [0.25, 0.3) is 0 Å². The van der Waals surface area contributed by atoms with E-state index in [1.165, 1.54) is 18.4 Å². The lowest BCUT2D eigenvalue weighted by Crippen LogP contribution is -2.46. The molecule has 0 saturated heterocycles. The van der Waals surface area contributed by atoms with Crippen LogP contribution in [0.1, 0.15) is 37.7 Å². The van der Waals surface area contributed by atoms with Gasteiger partial charge in [-0.2, -0.15) is 0 Å². The molecular weight excluding hydrogens is 376 g/mol. The van der Waals surface area contributed by atoms with Crippen LogP contribution in [0, 0.1) is 17.8 Å². The van der Waals surface area contributed by atoms with Crippen LogP contribution in [0.3, 0.4) is 0 Å². The number of carbonyl (C=O) groups excluding carboxylic acids is 1. The maximum absolute atomic E-state index is 12.6. The van der Waals surface area contributed by atoms with Gasteiger partial charge >= 0.3 is 0 Å². The first kappa shape index (κ1) is 17.2. The highest BCUT2D eigenvalue weighted by molar-refractivity contribution is 9.10. The first-order chi connectivity index (χ1) is 10.6. The van der Waals surface area contributed by atoms with Crippen LogP contribution in [-0.4, -0.2) is 18.5 Å². The molecule has 0 aromatic heterocycles. The second-order valence-electron chi connectivity index (χ2n) is 7.41. The van der Waals surface area contributed by atoms with E-state index in [1.54, 1.807) is 0 Å². The summed E-state index contributed by atoms with van der Waals surface area (Å²) in [5, 5.41) is 3.23. The zero-order chi connectivity index (χ0) is 15.3. The fourth-order valence-electron chi connectivity index (χ4n) is 4.68. The molecule has 126 valence electrons. The predicted molar refractivity (Wildman–Crippen MR) is 97.6 cm³/mol. The summed E-state index contributed by atoms with van der Waals surface area (Å²) in [6.07, 6.45) is 5.87. The van der Waals surface area contributed by atoms with E-state index in [0.29, 0.717) is 11.8 Å². The molecule has 0 heterocycles. The topological polar surface area (TPSA) is 55.1 Å². The van der Waals surface area contributed by atoms with Crippen molar-refractivity contribution in [1.29, 1.82) is 0 Å². The number of nitrogens with one attached hydrogen (secondary N) is 1. The first-order valence-electron chi connectivity index (χ1n) is 8.39. The molecule has 3 saturated carbocycles. The van der Waals surface area contributed by atoms with Crippen molar-refractivity contribution in [1.82, 2.24) is 5.32 Å². The monoisotopic (exact) mass is 398 g/mol. The summed E-state index contributed by atoms with van der Waals surface area (Å²) in [5.74, 6) is 1.35. The lowest BCUT2D eigenvalue weighted by atomic mass is 9.84. The average Bonchev–Trinajstić information content (AvgIpc) is 3.03. The van der Waals surface area contributed by atoms with Crippen LogP contribution in [-0.2, 0) is 10.2 Å². The summed E-state index contributed by atoms with van der Waals surface area (Å²) in [6, 6.07) is 8.46. The zero-order valence-electron chi connectivity index (χ0n) is 13.1. The molecule has 0 spiro atoms. The van der Waals surface area contributed by atoms with Gasteiger partial charge in [0.05, 0.1) is 5.92 Å². The van der Waals surface area contributed by atoms with Gasteiger partial charge in [-0.05, 0) is 55.6 Å². The maximum atomic E-state index is 12.6. The molecular formula is C18H24BrClN2O. The molecule has 3 aliphatic rings. The molecule has 4 unspecified atom stereocenters. The first-order valence-corrected chi connectivity index (χ1v) is 9.18. The van der Waals surface area contributed by atoms with Crippen LogP contribution in [0.15, 0.2) is 28.7 Å². The Morgan fingerprint density at radius 3 is 2.57 bits per heavy atom. The van der Waals surface area contributed by atoms with Crippen molar-refractivity contribution in [3.05, 3.63) is 34.3 Å². The SMILES string of the molecule is Cl.NC1C2CCC(C2)C1C(=O)NCC1(c2ccccc2Br)CC1. The van der Waals surface area contributed by atoms with Crippen molar-refractivity contribution in [3.63, 3.8) is 0 Å². The molecule has 3 nitrogen and oxygen atoms in total. The van der Waals surface area contributed by atoms with Crippen molar-refractivity contribution in [2.75, 3.05) is 6.54 Å². The molecule has 3 N–H and O–H groups in total. The van der Waals surface area contributed by atoms with Crippen LogP contribution in [0.4, 0.5) is 0 Å². The number of fused-ring (bicyclic) bond motifs is 2. The van der Waals surface area contributed by atoms with E-state index in [1.807, 2.05) is 6.07 Å². The highest BCUT2D eigenvalue weighted by Gasteiger charge is 2.50. The average molecular weight is 400 g/mol. The van der Waals surface area contributed by atoms with Gasteiger partial charge in [-0.15, -0.1) is 12.4 Å². The molecule has 23 heavy (non-hydrogen) atoms. The Bertz CT molecular complexity index is 602. The Kier molecular flexibility index (Phi) is 4.78. The molecule has 1 aromatic carbocycles. The molecule has 4 rings (SSSR count). The maximum Gasteiger partial charge on any atom is 0.224 e. The second kappa shape index (κ2) is 6.38. The number of benzene rings is 1. The molecule has 0 radical (unpaired) electrons. The third kappa shape index (κ3) is 2.94. The Hall–Kier alpha value is -0.580. The van der Waals surface area contributed by atoms with Crippen LogP contribution >= 0.6 is 28.3 Å². The molecule has 4 atom stereocenters. The van der Waals surface area contributed by atoms with E-state index >= 15 is 0 Å². The molecule has 3 aliphatic carbocycles. The van der Waals surface area contributed by atoms with Crippen LogP contribution in [0.5, 0.6) is 0 Å². The van der Waals surface area contributed by atoms with Gasteiger partial charge in [-0.25, -0.2) is 0 Å². The minimum Gasteiger partial charge on any atom is -0.355 e. The van der Waals surface area contributed by atoms with Crippen LogP contribution in [0.2, 0.25) is 0 Å². The Morgan fingerprint density at radius 2 is 1.96 bits per heavy atom. The van der Waals surface area contributed by atoms with E-state index in [-0.39, 0.29) is 35.7 Å². The molecule has 5 heteroatoms. The smallest absolute Gasteiger partial charge is 0.224 e. The van der Waals surface area contributed by atoms with E-state index in [2.05, 4.69) is 39.4 Å². The lowest BCUT2D eigenvalue weighted by Gasteiger charge is -2.28. The second-order valence-corrected chi connectivity index (χ2v) is 8.27. The quantitative estimate of drug-likeness (QED) is 0.815. The zero-order valence-corrected chi connectivity index (χ0v) is 15.5. The summed E-state index contributed by atoms with van der Waals surface area (Å²) >= 11 is 3.65. The number of carbonyl (C=O) groups is 1. The van der Waals surface area contributed by atoms with E-state index in [0.717, 1.165) is 30.3 Å². The van der Waals surface area contributed by atoms with Crippen molar-refractivity contribution >= 4 is 34.2 Å². The van der Waals surface area contributed by atoms with Crippen molar-refractivity contribution in [3.8, 4) is 0 Å². The third-order valence-electron chi connectivity index (χ3n) is 6.18. The van der Waals surface area contributed by atoms with Crippen molar-refractivity contribution in [2.24, 2.45) is 23.5 Å². The largest absolute Gasteiger partial charge is 0.355 e. The summed E-state index contributed by atoms with van der Waals surface area (Å²) in [6.45, 7) is 0.745. The summed E-state index contributed by atoms with van der Waals surface area (Å²) in [4.78, 5) is 12.6. The van der Waals surface area contributed by atoms with E-state index in [9.17, 15) is 4.79 Å².